The Morgan fingerprint density at radius 3 is 2.75 bits per heavy atom. The van der Waals surface area contributed by atoms with Crippen LogP contribution in [-0.2, 0) is 11.3 Å². The molecule has 6 rings (SSSR count). The molecule has 2 aliphatic rings. The number of fused-ring (bicyclic) bond motifs is 2. The fraction of sp³-hybridized carbons (Fsp3) is 0.250. The second-order valence-electron chi connectivity index (χ2n) is 8.36. The van der Waals surface area contributed by atoms with Gasteiger partial charge in [0, 0.05) is 24.4 Å². The molecule has 160 valence electrons. The Balaban J connectivity index is 1.23. The number of thiophene rings is 1. The Kier molecular flexibility index (Phi) is 4.77. The van der Waals surface area contributed by atoms with Crippen LogP contribution in [0.3, 0.4) is 0 Å². The summed E-state index contributed by atoms with van der Waals surface area (Å²) in [4.78, 5) is 29.1. The summed E-state index contributed by atoms with van der Waals surface area (Å²) >= 11 is 2.66. The van der Waals surface area contributed by atoms with Crippen molar-refractivity contribution in [1.29, 1.82) is 0 Å². The van der Waals surface area contributed by atoms with Gasteiger partial charge in [0.2, 0.25) is 5.91 Å². The van der Waals surface area contributed by atoms with Crippen molar-refractivity contribution in [2.45, 2.75) is 24.9 Å². The Hall–Kier alpha value is -3.10. The molecule has 3 atom stereocenters. The van der Waals surface area contributed by atoms with Crippen LogP contribution in [0.4, 0.5) is 0 Å². The Labute approximate surface area is 193 Å². The largest absolute Gasteiger partial charge is 0.343 e. The molecular weight excluding hydrogens is 440 g/mol. The van der Waals surface area contributed by atoms with Gasteiger partial charge in [-0.2, -0.15) is 0 Å². The van der Waals surface area contributed by atoms with E-state index in [9.17, 15) is 9.59 Å². The summed E-state index contributed by atoms with van der Waals surface area (Å²) in [6.07, 6.45) is 0.892. The molecule has 6 nitrogen and oxygen atoms in total. The van der Waals surface area contributed by atoms with E-state index in [0.717, 1.165) is 27.1 Å². The third-order valence-electron chi connectivity index (χ3n) is 6.38. The summed E-state index contributed by atoms with van der Waals surface area (Å²) < 4.78 is 4.76. The highest BCUT2D eigenvalue weighted by molar-refractivity contribution is 7.24. The van der Waals surface area contributed by atoms with E-state index in [0.29, 0.717) is 24.6 Å². The van der Waals surface area contributed by atoms with Crippen molar-refractivity contribution in [2.24, 2.45) is 5.92 Å². The number of hydrogen-bond acceptors (Lipinski definition) is 6. The molecule has 1 unspecified atom stereocenters. The Morgan fingerprint density at radius 2 is 1.88 bits per heavy atom. The molecule has 8 heteroatoms. The predicted octanol–water partition coefficient (Wildman–Crippen LogP) is 4.37. The van der Waals surface area contributed by atoms with Gasteiger partial charge in [-0.1, -0.05) is 59.1 Å². The molecule has 0 spiro atoms. The van der Waals surface area contributed by atoms with Crippen molar-refractivity contribution in [3.05, 3.63) is 82.2 Å². The molecule has 2 amide bonds. The van der Waals surface area contributed by atoms with Crippen LogP contribution in [0.15, 0.2) is 60.0 Å². The normalized spacial score (nSPS) is 21.9. The summed E-state index contributed by atoms with van der Waals surface area (Å²) in [6, 6.07) is 18.1. The van der Waals surface area contributed by atoms with E-state index in [1.54, 1.807) is 0 Å². The minimum Gasteiger partial charge on any atom is -0.343 e. The van der Waals surface area contributed by atoms with E-state index in [2.05, 4.69) is 27.0 Å². The van der Waals surface area contributed by atoms with E-state index < -0.39 is 0 Å². The standard InChI is InChI=1S/C24H20N4O2S2/c29-22(19-13-31-23-21(19)32-27-26-23)25-20-12-28(11-15-8-4-5-9-16(15)20)24(30)18-10-17(18)14-6-2-1-3-7-14/h1-9,13,17-18,20H,10-12H2,(H,25,29)/t17-,18+,20?/m0/s1. The first kappa shape index (κ1) is 19.6. The van der Waals surface area contributed by atoms with Crippen LogP contribution in [0.2, 0.25) is 0 Å². The third-order valence-corrected chi connectivity index (χ3v) is 8.13. The van der Waals surface area contributed by atoms with Crippen molar-refractivity contribution in [3.8, 4) is 0 Å². The number of rotatable bonds is 4. The number of amides is 2. The maximum absolute atomic E-state index is 13.4. The zero-order valence-electron chi connectivity index (χ0n) is 17.1. The molecular formula is C24H20N4O2S2. The molecule has 2 aromatic carbocycles. The summed E-state index contributed by atoms with van der Waals surface area (Å²) in [5.41, 5.74) is 4.00. The van der Waals surface area contributed by atoms with Crippen molar-refractivity contribution in [2.75, 3.05) is 6.54 Å². The Morgan fingerprint density at radius 1 is 1.06 bits per heavy atom. The molecule has 0 saturated heterocycles. The number of nitrogens with one attached hydrogen (secondary N) is 1. The van der Waals surface area contributed by atoms with E-state index in [1.807, 2.05) is 52.7 Å². The number of nitrogens with zero attached hydrogens (tertiary/aromatic N) is 3. The first-order chi connectivity index (χ1) is 15.7. The van der Waals surface area contributed by atoms with Crippen molar-refractivity contribution in [1.82, 2.24) is 19.8 Å². The summed E-state index contributed by atoms with van der Waals surface area (Å²) in [5, 5.41) is 9.05. The lowest BCUT2D eigenvalue weighted by Crippen LogP contribution is -2.45. The maximum atomic E-state index is 13.4. The van der Waals surface area contributed by atoms with E-state index in [4.69, 9.17) is 0 Å². The van der Waals surface area contributed by atoms with E-state index in [-0.39, 0.29) is 23.8 Å². The van der Waals surface area contributed by atoms with Crippen LogP contribution < -0.4 is 5.32 Å². The van der Waals surface area contributed by atoms with Gasteiger partial charge in [-0.15, -0.1) is 16.4 Å². The second kappa shape index (κ2) is 7.79. The highest BCUT2D eigenvalue weighted by atomic mass is 32.1. The van der Waals surface area contributed by atoms with Gasteiger partial charge in [0.1, 0.15) is 0 Å². The molecule has 3 heterocycles. The fourth-order valence-electron chi connectivity index (χ4n) is 4.65. The van der Waals surface area contributed by atoms with E-state index in [1.165, 1.54) is 28.4 Å². The average molecular weight is 461 g/mol. The predicted molar refractivity (Wildman–Crippen MR) is 125 cm³/mol. The topological polar surface area (TPSA) is 75.2 Å². The van der Waals surface area contributed by atoms with Gasteiger partial charge in [-0.05, 0) is 40.6 Å². The molecule has 0 bridgehead atoms. The summed E-state index contributed by atoms with van der Waals surface area (Å²) in [6.45, 7) is 1.06. The smallest absolute Gasteiger partial charge is 0.254 e. The minimum absolute atomic E-state index is 0.0266. The molecule has 1 aliphatic heterocycles. The van der Waals surface area contributed by atoms with E-state index >= 15 is 0 Å². The van der Waals surface area contributed by atoms with Gasteiger partial charge in [-0.25, -0.2) is 0 Å². The van der Waals surface area contributed by atoms with Gasteiger partial charge in [0.25, 0.3) is 5.91 Å². The van der Waals surface area contributed by atoms with Gasteiger partial charge < -0.3 is 10.2 Å². The van der Waals surface area contributed by atoms with Crippen LogP contribution in [0.25, 0.3) is 9.53 Å². The average Bonchev–Trinajstić information content (AvgIpc) is 3.31. The SMILES string of the molecule is O=C(NC1CN(C(=O)[C@@H]2C[C@H]2c2ccccc2)Cc2ccccc21)c1csc2nnsc12. The maximum Gasteiger partial charge on any atom is 0.254 e. The zero-order chi connectivity index (χ0) is 21.7. The van der Waals surface area contributed by atoms with Crippen molar-refractivity contribution >= 4 is 44.2 Å². The molecule has 4 aromatic rings. The van der Waals surface area contributed by atoms with Gasteiger partial charge >= 0.3 is 0 Å². The van der Waals surface area contributed by atoms with Gasteiger partial charge in [-0.3, -0.25) is 9.59 Å². The van der Waals surface area contributed by atoms with Crippen molar-refractivity contribution < 1.29 is 9.59 Å². The molecule has 1 saturated carbocycles. The molecule has 0 radical (unpaired) electrons. The monoisotopic (exact) mass is 460 g/mol. The van der Waals surface area contributed by atoms with Crippen LogP contribution >= 0.6 is 22.9 Å². The number of aromatic nitrogens is 2. The molecule has 32 heavy (non-hydrogen) atoms. The fourth-order valence-corrected chi connectivity index (χ4v) is 6.37. The van der Waals surface area contributed by atoms with Crippen LogP contribution in [0.1, 0.15) is 45.4 Å². The number of carbonyl (C=O) groups is 2. The Bertz CT molecular complexity index is 1320. The molecule has 2 aromatic heterocycles. The number of carbonyl (C=O) groups excluding carboxylic acids is 2. The third kappa shape index (κ3) is 3.40. The quantitative estimate of drug-likeness (QED) is 0.491. The molecule has 1 aliphatic carbocycles. The molecule has 1 fully saturated rings. The van der Waals surface area contributed by atoms with Crippen LogP contribution in [0.5, 0.6) is 0 Å². The first-order valence-electron chi connectivity index (χ1n) is 10.6. The molecule has 1 N–H and O–H groups in total. The number of hydrogen-bond donors (Lipinski definition) is 1. The second-order valence-corrected chi connectivity index (χ2v) is 9.97. The highest BCUT2D eigenvalue weighted by Gasteiger charge is 2.46. The van der Waals surface area contributed by atoms with Crippen LogP contribution in [-0.4, -0.2) is 32.8 Å². The van der Waals surface area contributed by atoms with Gasteiger partial charge in [0.05, 0.1) is 16.3 Å². The zero-order valence-corrected chi connectivity index (χ0v) is 18.7. The van der Waals surface area contributed by atoms with Gasteiger partial charge in [0.15, 0.2) is 4.83 Å². The number of benzene rings is 2. The van der Waals surface area contributed by atoms with Crippen molar-refractivity contribution in [3.63, 3.8) is 0 Å². The van der Waals surface area contributed by atoms with Crippen LogP contribution in [0, 0.1) is 5.92 Å². The lowest BCUT2D eigenvalue weighted by Gasteiger charge is -2.35. The highest BCUT2D eigenvalue weighted by Crippen LogP contribution is 2.49. The summed E-state index contributed by atoms with van der Waals surface area (Å²) in [7, 11) is 0. The lowest BCUT2D eigenvalue weighted by atomic mass is 9.94. The first-order valence-corrected chi connectivity index (χ1v) is 12.3. The lowest BCUT2D eigenvalue weighted by molar-refractivity contribution is -0.134. The minimum atomic E-state index is -0.249. The summed E-state index contributed by atoms with van der Waals surface area (Å²) in [5.74, 6) is 0.354.